The fourth-order valence-electron chi connectivity index (χ4n) is 3.04. The number of fused-ring (bicyclic) bond motifs is 1. The van der Waals surface area contributed by atoms with Gasteiger partial charge in [0.15, 0.2) is 0 Å². The second kappa shape index (κ2) is 5.29. The number of rotatable bonds is 2. The average molecular weight is 320 g/mol. The molecule has 2 heterocycles. The summed E-state index contributed by atoms with van der Waals surface area (Å²) in [5.74, 6) is 0. The van der Waals surface area contributed by atoms with Crippen LogP contribution in [0.4, 0.5) is 0 Å². The monoisotopic (exact) mass is 319 g/mol. The van der Waals surface area contributed by atoms with Crippen LogP contribution in [-0.4, -0.2) is 47.6 Å². The van der Waals surface area contributed by atoms with E-state index in [-0.39, 0.29) is 22.3 Å². The van der Waals surface area contributed by atoms with Crippen LogP contribution in [0.1, 0.15) is 25.7 Å². The van der Waals surface area contributed by atoms with Crippen LogP contribution in [0.3, 0.4) is 0 Å². The normalized spacial score (nSPS) is 28.3. The van der Waals surface area contributed by atoms with Crippen molar-refractivity contribution in [1.29, 1.82) is 0 Å². The molecule has 112 valence electrons. The lowest BCUT2D eigenvalue weighted by Gasteiger charge is -2.42. The van der Waals surface area contributed by atoms with Crippen molar-refractivity contribution in [3.63, 3.8) is 0 Å². The quantitative estimate of drug-likeness (QED) is 0.826. The SMILES string of the molecule is Cn1cnc(S(=O)(=O)N2CCO[C@@H]3CCCC[C@H]32)c1Cl. The van der Waals surface area contributed by atoms with Gasteiger partial charge in [-0.2, -0.15) is 4.31 Å². The first kappa shape index (κ1) is 14.3. The van der Waals surface area contributed by atoms with Gasteiger partial charge < -0.3 is 9.30 Å². The third-order valence-electron chi connectivity index (χ3n) is 4.07. The minimum atomic E-state index is -3.65. The van der Waals surface area contributed by atoms with E-state index >= 15 is 0 Å². The third kappa shape index (κ3) is 2.26. The molecule has 6 nitrogen and oxygen atoms in total. The summed E-state index contributed by atoms with van der Waals surface area (Å²) < 4.78 is 34.3. The predicted molar refractivity (Wildman–Crippen MR) is 74.1 cm³/mol. The van der Waals surface area contributed by atoms with Gasteiger partial charge in [-0.25, -0.2) is 13.4 Å². The van der Waals surface area contributed by atoms with Crippen LogP contribution in [0.5, 0.6) is 0 Å². The molecule has 1 saturated carbocycles. The number of aromatic nitrogens is 2. The summed E-state index contributed by atoms with van der Waals surface area (Å²) in [6, 6.07) is -0.0828. The van der Waals surface area contributed by atoms with E-state index in [1.54, 1.807) is 7.05 Å². The second-order valence-corrected chi connectivity index (χ2v) is 7.49. The Morgan fingerprint density at radius 3 is 2.85 bits per heavy atom. The summed E-state index contributed by atoms with van der Waals surface area (Å²) in [4.78, 5) is 3.96. The van der Waals surface area contributed by atoms with E-state index < -0.39 is 10.0 Å². The largest absolute Gasteiger partial charge is 0.375 e. The number of imidazole rings is 1. The average Bonchev–Trinajstić information content (AvgIpc) is 2.79. The molecule has 2 aliphatic rings. The summed E-state index contributed by atoms with van der Waals surface area (Å²) in [7, 11) is -1.98. The van der Waals surface area contributed by atoms with E-state index in [1.165, 1.54) is 15.2 Å². The molecule has 1 saturated heterocycles. The Bertz CT molecular complexity index is 599. The number of halogens is 1. The molecule has 20 heavy (non-hydrogen) atoms. The molecule has 2 atom stereocenters. The van der Waals surface area contributed by atoms with Crippen molar-refractivity contribution in [3.05, 3.63) is 11.5 Å². The number of ether oxygens (including phenoxy) is 1. The molecule has 1 aromatic rings. The highest BCUT2D eigenvalue weighted by molar-refractivity contribution is 7.89. The van der Waals surface area contributed by atoms with E-state index in [0.717, 1.165) is 25.7 Å². The maximum Gasteiger partial charge on any atom is 0.264 e. The molecule has 3 rings (SSSR count). The number of aryl methyl sites for hydroxylation is 1. The van der Waals surface area contributed by atoms with Crippen molar-refractivity contribution in [1.82, 2.24) is 13.9 Å². The smallest absolute Gasteiger partial charge is 0.264 e. The summed E-state index contributed by atoms with van der Waals surface area (Å²) in [6.45, 7) is 0.807. The van der Waals surface area contributed by atoms with Gasteiger partial charge in [0, 0.05) is 13.6 Å². The van der Waals surface area contributed by atoms with Gasteiger partial charge >= 0.3 is 0 Å². The molecule has 0 spiro atoms. The fourth-order valence-corrected chi connectivity index (χ4v) is 5.09. The lowest BCUT2D eigenvalue weighted by molar-refractivity contribution is -0.0586. The van der Waals surface area contributed by atoms with Crippen LogP contribution in [-0.2, 0) is 21.8 Å². The molecule has 0 N–H and O–H groups in total. The van der Waals surface area contributed by atoms with Crippen molar-refractivity contribution in [3.8, 4) is 0 Å². The summed E-state index contributed by atoms with van der Waals surface area (Å²) >= 11 is 6.05. The van der Waals surface area contributed by atoms with Gasteiger partial charge in [0.05, 0.1) is 25.1 Å². The lowest BCUT2D eigenvalue weighted by Crippen LogP contribution is -2.54. The van der Waals surface area contributed by atoms with Crippen molar-refractivity contribution in [2.24, 2.45) is 7.05 Å². The van der Waals surface area contributed by atoms with Gasteiger partial charge in [-0.05, 0) is 12.8 Å². The Labute approximate surface area is 123 Å². The first-order chi connectivity index (χ1) is 9.51. The van der Waals surface area contributed by atoms with Gasteiger partial charge in [0.2, 0.25) is 5.03 Å². The standard InChI is InChI=1S/C12H18ClN3O3S/c1-15-8-14-12(11(15)13)20(17,18)16-6-7-19-10-5-3-2-4-9(10)16/h8-10H,2-7H2,1H3/t9-,10-/m1/s1. The minimum absolute atomic E-state index is 0.00904. The van der Waals surface area contributed by atoms with Crippen molar-refractivity contribution >= 4 is 21.6 Å². The van der Waals surface area contributed by atoms with E-state index in [2.05, 4.69) is 4.98 Å². The zero-order valence-corrected chi connectivity index (χ0v) is 12.9. The molecular formula is C12H18ClN3O3S. The molecule has 0 aromatic carbocycles. The van der Waals surface area contributed by atoms with Crippen LogP contribution in [0.2, 0.25) is 5.15 Å². The zero-order valence-electron chi connectivity index (χ0n) is 11.3. The molecule has 2 fully saturated rings. The van der Waals surface area contributed by atoms with Crippen molar-refractivity contribution < 1.29 is 13.2 Å². The minimum Gasteiger partial charge on any atom is -0.375 e. The molecule has 1 aliphatic carbocycles. The highest BCUT2D eigenvalue weighted by atomic mass is 35.5. The molecular weight excluding hydrogens is 302 g/mol. The first-order valence-corrected chi connectivity index (χ1v) is 8.64. The number of hydrogen-bond acceptors (Lipinski definition) is 4. The fraction of sp³-hybridized carbons (Fsp3) is 0.750. The molecule has 1 aliphatic heterocycles. The summed E-state index contributed by atoms with van der Waals surface area (Å²) in [5.41, 5.74) is 0. The molecule has 1 aromatic heterocycles. The van der Waals surface area contributed by atoms with Crippen molar-refractivity contribution in [2.75, 3.05) is 13.2 Å². The van der Waals surface area contributed by atoms with Crippen LogP contribution in [0, 0.1) is 0 Å². The molecule has 0 unspecified atom stereocenters. The second-order valence-electron chi connectivity index (χ2n) is 5.33. The number of hydrogen-bond donors (Lipinski definition) is 0. The van der Waals surface area contributed by atoms with Gasteiger partial charge in [-0.1, -0.05) is 24.4 Å². The maximum atomic E-state index is 12.8. The Balaban J connectivity index is 1.95. The molecule has 8 heteroatoms. The van der Waals surface area contributed by atoms with Crippen LogP contribution in [0.25, 0.3) is 0 Å². The summed E-state index contributed by atoms with van der Waals surface area (Å²) in [6.07, 6.45) is 5.33. The molecule has 0 radical (unpaired) electrons. The highest BCUT2D eigenvalue weighted by Gasteiger charge is 2.42. The molecule has 0 amide bonds. The molecule has 0 bridgehead atoms. The Kier molecular flexibility index (Phi) is 3.79. The maximum absolute atomic E-state index is 12.8. The topological polar surface area (TPSA) is 64.4 Å². The van der Waals surface area contributed by atoms with Crippen LogP contribution < -0.4 is 0 Å². The predicted octanol–water partition coefficient (Wildman–Crippen LogP) is 1.41. The Morgan fingerprint density at radius 2 is 2.15 bits per heavy atom. The van der Waals surface area contributed by atoms with Gasteiger partial charge in [-0.3, -0.25) is 0 Å². The van der Waals surface area contributed by atoms with Gasteiger partial charge in [0.1, 0.15) is 5.15 Å². The Hall–Kier alpha value is -0.630. The van der Waals surface area contributed by atoms with E-state index in [0.29, 0.717) is 13.2 Å². The zero-order chi connectivity index (χ0) is 14.3. The number of nitrogens with zero attached hydrogens (tertiary/aromatic N) is 3. The number of morpholine rings is 1. The van der Waals surface area contributed by atoms with Crippen LogP contribution >= 0.6 is 11.6 Å². The van der Waals surface area contributed by atoms with E-state index in [4.69, 9.17) is 16.3 Å². The third-order valence-corrected chi connectivity index (χ3v) is 6.48. The lowest BCUT2D eigenvalue weighted by atomic mass is 9.91. The van der Waals surface area contributed by atoms with Crippen LogP contribution in [0.15, 0.2) is 11.4 Å². The van der Waals surface area contributed by atoms with E-state index in [1.807, 2.05) is 0 Å². The first-order valence-electron chi connectivity index (χ1n) is 6.82. The van der Waals surface area contributed by atoms with E-state index in [9.17, 15) is 8.42 Å². The van der Waals surface area contributed by atoms with Gasteiger partial charge in [-0.15, -0.1) is 0 Å². The summed E-state index contributed by atoms with van der Waals surface area (Å²) in [5, 5.41) is 0.108. The Morgan fingerprint density at radius 1 is 1.40 bits per heavy atom. The highest BCUT2D eigenvalue weighted by Crippen LogP contribution is 2.33. The number of sulfonamides is 1. The van der Waals surface area contributed by atoms with Gasteiger partial charge in [0.25, 0.3) is 10.0 Å². The van der Waals surface area contributed by atoms with Crippen molar-refractivity contribution in [2.45, 2.75) is 42.9 Å².